The highest BCUT2D eigenvalue weighted by Crippen LogP contribution is 2.23. The van der Waals surface area contributed by atoms with E-state index in [9.17, 15) is 0 Å². The number of hydrogen-bond acceptors (Lipinski definition) is 4. The minimum Gasteiger partial charge on any atom is -0.379 e. The van der Waals surface area contributed by atoms with Gasteiger partial charge in [-0.3, -0.25) is 9.89 Å². The van der Waals surface area contributed by atoms with Crippen LogP contribution in [-0.4, -0.2) is 81.8 Å². The Kier molecular flexibility index (Phi) is 11.6. The number of morpholine rings is 1. The second-order valence-electron chi connectivity index (χ2n) is 7.50. The van der Waals surface area contributed by atoms with E-state index in [0.29, 0.717) is 0 Å². The molecule has 2 heterocycles. The van der Waals surface area contributed by atoms with Crippen molar-refractivity contribution in [2.24, 2.45) is 4.99 Å². The van der Waals surface area contributed by atoms with Gasteiger partial charge in [0, 0.05) is 44.8 Å². The lowest BCUT2D eigenvalue weighted by atomic mass is 10.0. The van der Waals surface area contributed by atoms with E-state index in [4.69, 9.17) is 16.3 Å². The summed E-state index contributed by atoms with van der Waals surface area (Å²) in [6.07, 6.45) is 4.03. The van der Waals surface area contributed by atoms with Crippen LogP contribution in [0.5, 0.6) is 0 Å². The summed E-state index contributed by atoms with van der Waals surface area (Å²) in [7, 11) is 1.83. The Labute approximate surface area is 197 Å². The first kappa shape index (κ1) is 24.7. The quantitative estimate of drug-likeness (QED) is 0.319. The van der Waals surface area contributed by atoms with E-state index >= 15 is 0 Å². The molecule has 1 aromatic rings. The maximum atomic E-state index is 6.26. The molecule has 2 saturated heterocycles. The van der Waals surface area contributed by atoms with Crippen LogP contribution in [0.25, 0.3) is 0 Å². The van der Waals surface area contributed by atoms with Gasteiger partial charge in [0.05, 0.1) is 19.3 Å². The van der Waals surface area contributed by atoms with Gasteiger partial charge in [-0.25, -0.2) is 0 Å². The van der Waals surface area contributed by atoms with Crippen LogP contribution in [0.1, 0.15) is 30.9 Å². The molecular formula is C21H35ClIN5O. The predicted molar refractivity (Wildman–Crippen MR) is 132 cm³/mol. The van der Waals surface area contributed by atoms with Crippen molar-refractivity contribution in [3.05, 3.63) is 34.9 Å². The van der Waals surface area contributed by atoms with Gasteiger partial charge in [-0.05, 0) is 43.6 Å². The molecule has 164 valence electrons. The topological polar surface area (TPSA) is 52.1 Å². The van der Waals surface area contributed by atoms with Gasteiger partial charge in [-0.2, -0.15) is 0 Å². The molecule has 6 nitrogen and oxygen atoms in total. The molecule has 0 radical (unpaired) electrons. The molecule has 1 aromatic carbocycles. The number of nitrogens with zero attached hydrogens (tertiary/aromatic N) is 3. The Hall–Kier alpha value is -0.610. The van der Waals surface area contributed by atoms with Gasteiger partial charge in [0.1, 0.15) is 0 Å². The second kappa shape index (κ2) is 13.6. The largest absolute Gasteiger partial charge is 0.379 e. The van der Waals surface area contributed by atoms with Crippen LogP contribution in [-0.2, 0) is 4.74 Å². The molecule has 1 unspecified atom stereocenters. The van der Waals surface area contributed by atoms with Crippen molar-refractivity contribution in [1.29, 1.82) is 0 Å². The lowest BCUT2D eigenvalue weighted by Gasteiger charge is -2.35. The smallest absolute Gasteiger partial charge is 0.191 e. The summed E-state index contributed by atoms with van der Waals surface area (Å²) >= 11 is 6.26. The Morgan fingerprint density at radius 2 is 1.90 bits per heavy atom. The molecular weight excluding hydrogens is 501 g/mol. The highest BCUT2D eigenvalue weighted by atomic mass is 127. The summed E-state index contributed by atoms with van der Waals surface area (Å²) in [4.78, 5) is 9.40. The van der Waals surface area contributed by atoms with Crippen LogP contribution in [0.15, 0.2) is 29.3 Å². The van der Waals surface area contributed by atoms with Crippen molar-refractivity contribution in [3.63, 3.8) is 0 Å². The third kappa shape index (κ3) is 8.20. The van der Waals surface area contributed by atoms with Crippen LogP contribution in [0, 0.1) is 0 Å². The van der Waals surface area contributed by atoms with Gasteiger partial charge in [0.25, 0.3) is 0 Å². The fourth-order valence-corrected chi connectivity index (χ4v) is 4.19. The fraction of sp³-hybridized carbons (Fsp3) is 0.667. The first-order chi connectivity index (χ1) is 13.8. The molecule has 1 atom stereocenters. The fourth-order valence-electron chi connectivity index (χ4n) is 3.99. The van der Waals surface area contributed by atoms with Crippen molar-refractivity contribution in [2.75, 3.05) is 66.1 Å². The highest BCUT2D eigenvalue weighted by molar-refractivity contribution is 14.0. The summed E-state index contributed by atoms with van der Waals surface area (Å²) in [6.45, 7) is 8.63. The number of benzene rings is 1. The second-order valence-corrected chi connectivity index (χ2v) is 7.94. The van der Waals surface area contributed by atoms with Crippen LogP contribution in [0.2, 0.25) is 5.02 Å². The molecule has 2 N–H and O–H groups in total. The molecule has 29 heavy (non-hydrogen) atoms. The maximum absolute atomic E-state index is 6.26. The Morgan fingerprint density at radius 1 is 1.14 bits per heavy atom. The first-order valence-corrected chi connectivity index (χ1v) is 10.9. The van der Waals surface area contributed by atoms with E-state index in [1.807, 2.05) is 19.2 Å². The summed E-state index contributed by atoms with van der Waals surface area (Å²) in [5.41, 5.74) is 1.23. The van der Waals surface area contributed by atoms with Gasteiger partial charge in [0.15, 0.2) is 5.96 Å². The lowest BCUT2D eigenvalue weighted by molar-refractivity contribution is 0.0170. The number of rotatable bonds is 7. The summed E-state index contributed by atoms with van der Waals surface area (Å²) in [6, 6.07) is 8.41. The molecule has 8 heteroatoms. The van der Waals surface area contributed by atoms with Gasteiger partial charge < -0.3 is 20.3 Å². The maximum Gasteiger partial charge on any atom is 0.191 e. The zero-order valence-corrected chi connectivity index (χ0v) is 20.5. The number of halogens is 2. The minimum absolute atomic E-state index is 0. The normalized spacial score (nSPS) is 20.0. The van der Waals surface area contributed by atoms with Crippen molar-refractivity contribution < 1.29 is 4.74 Å². The number of likely N-dealkylation sites (tertiary alicyclic amines) is 1. The molecule has 2 fully saturated rings. The van der Waals surface area contributed by atoms with Gasteiger partial charge in [0.2, 0.25) is 0 Å². The van der Waals surface area contributed by atoms with Crippen molar-refractivity contribution in [3.8, 4) is 0 Å². The van der Waals surface area contributed by atoms with Gasteiger partial charge in [-0.1, -0.05) is 30.2 Å². The van der Waals surface area contributed by atoms with Crippen molar-refractivity contribution in [1.82, 2.24) is 20.4 Å². The van der Waals surface area contributed by atoms with Crippen LogP contribution in [0.4, 0.5) is 0 Å². The minimum atomic E-state index is 0. The molecule has 0 saturated carbocycles. The van der Waals surface area contributed by atoms with Crippen molar-refractivity contribution >= 4 is 41.5 Å². The predicted octanol–water partition coefficient (Wildman–Crippen LogP) is 2.98. The third-order valence-electron chi connectivity index (χ3n) is 5.58. The van der Waals surface area contributed by atoms with Gasteiger partial charge in [-0.15, -0.1) is 24.0 Å². The van der Waals surface area contributed by atoms with Gasteiger partial charge >= 0.3 is 0 Å². The van der Waals surface area contributed by atoms with E-state index in [2.05, 4.69) is 37.6 Å². The first-order valence-electron chi connectivity index (χ1n) is 10.5. The number of hydrogen-bond donors (Lipinski definition) is 2. The third-order valence-corrected chi connectivity index (χ3v) is 5.81. The zero-order chi connectivity index (χ0) is 19.6. The number of guanidine groups is 1. The van der Waals surface area contributed by atoms with E-state index in [-0.39, 0.29) is 30.0 Å². The molecule has 0 spiro atoms. The van der Waals surface area contributed by atoms with E-state index < -0.39 is 0 Å². The number of ether oxygens (including phenoxy) is 1. The van der Waals surface area contributed by atoms with E-state index in [0.717, 1.165) is 56.9 Å². The van der Waals surface area contributed by atoms with E-state index in [1.165, 1.54) is 37.9 Å². The summed E-state index contributed by atoms with van der Waals surface area (Å²) in [5.74, 6) is 0.859. The van der Waals surface area contributed by atoms with Crippen LogP contribution < -0.4 is 10.6 Å². The Balaban J connectivity index is 0.00000300. The standard InChI is InChI=1S/C21H34ClN5O.HI/c1-23-21(24-8-11-26-9-3-2-4-10-26)25-17-20(27-12-14-28-15-13-27)18-6-5-7-19(22)16-18;/h5-7,16,20H,2-4,8-15,17H2,1H3,(H2,23,24,25);1H. The molecule has 2 aliphatic rings. The molecule has 3 rings (SSSR count). The number of piperidine rings is 1. The Bertz CT molecular complexity index is 621. The lowest BCUT2D eigenvalue weighted by Crippen LogP contribution is -2.47. The summed E-state index contributed by atoms with van der Waals surface area (Å²) in [5, 5.41) is 7.76. The summed E-state index contributed by atoms with van der Waals surface area (Å²) < 4.78 is 5.54. The highest BCUT2D eigenvalue weighted by Gasteiger charge is 2.23. The molecule has 0 aliphatic carbocycles. The van der Waals surface area contributed by atoms with Crippen molar-refractivity contribution in [2.45, 2.75) is 25.3 Å². The molecule has 0 amide bonds. The van der Waals surface area contributed by atoms with E-state index in [1.54, 1.807) is 0 Å². The van der Waals surface area contributed by atoms with Crippen LogP contribution >= 0.6 is 35.6 Å². The monoisotopic (exact) mass is 535 g/mol. The zero-order valence-electron chi connectivity index (χ0n) is 17.4. The number of nitrogens with one attached hydrogen (secondary N) is 2. The SMILES string of the molecule is CN=C(NCCN1CCCCC1)NCC(c1cccc(Cl)c1)N1CCOCC1.I. The Morgan fingerprint density at radius 3 is 2.59 bits per heavy atom. The average Bonchev–Trinajstić information content (AvgIpc) is 2.74. The average molecular weight is 536 g/mol. The molecule has 0 aromatic heterocycles. The molecule has 2 aliphatic heterocycles. The number of aliphatic imine (C=N–C) groups is 1. The molecule has 0 bridgehead atoms. The van der Waals surface area contributed by atoms with Crippen LogP contribution in [0.3, 0.4) is 0 Å².